The first-order chi connectivity index (χ1) is 13.3. The van der Waals surface area contributed by atoms with Crippen molar-refractivity contribution >= 4 is 16.1 Å². The number of aromatic carboxylic acids is 1. The third-order valence-corrected chi connectivity index (χ3v) is 4.77. The summed E-state index contributed by atoms with van der Waals surface area (Å²) in [6, 6.07) is 15.7. The Kier molecular flexibility index (Phi) is 11.4. The topological polar surface area (TPSA) is 132 Å². The van der Waals surface area contributed by atoms with E-state index in [9.17, 15) is 18.3 Å². The molecule has 0 fully saturated rings. The number of hydrogen-bond acceptors (Lipinski definition) is 5. The largest absolute Gasteiger partial charge is 0.478 e. The first kappa shape index (κ1) is 26.7. The molecule has 0 bridgehead atoms. The highest BCUT2D eigenvalue weighted by Crippen LogP contribution is 2.24. The van der Waals surface area contributed by atoms with E-state index in [1.165, 1.54) is 12.1 Å². The summed E-state index contributed by atoms with van der Waals surface area (Å²) in [5.74, 6) is -0.669. The lowest BCUT2D eigenvalue weighted by atomic mass is 9.82. The molecule has 0 aliphatic rings. The van der Waals surface area contributed by atoms with Gasteiger partial charge in [0.2, 0.25) is 0 Å². The van der Waals surface area contributed by atoms with Gasteiger partial charge in [-0.2, -0.15) is 8.42 Å². The number of benzene rings is 2. The van der Waals surface area contributed by atoms with Gasteiger partial charge in [-0.15, -0.1) is 0 Å². The van der Waals surface area contributed by atoms with E-state index in [0.29, 0.717) is 5.56 Å². The lowest BCUT2D eigenvalue weighted by molar-refractivity contribution is -0.0204. The molecule has 2 rings (SSSR count). The van der Waals surface area contributed by atoms with Crippen LogP contribution in [0.2, 0.25) is 0 Å². The van der Waals surface area contributed by atoms with Gasteiger partial charge in [-0.25, -0.2) is 4.79 Å². The lowest BCUT2D eigenvalue weighted by Gasteiger charge is -2.30. The fraction of sp³-hybridized carbons (Fsp3) is 0.381. The zero-order valence-electron chi connectivity index (χ0n) is 17.1. The Hall–Kier alpha value is -2.26. The summed E-state index contributed by atoms with van der Waals surface area (Å²) in [6.45, 7) is 7.64. The van der Waals surface area contributed by atoms with Crippen molar-refractivity contribution in [3.8, 4) is 0 Å². The van der Waals surface area contributed by atoms with Gasteiger partial charge in [-0.05, 0) is 30.2 Å². The van der Waals surface area contributed by atoms with Crippen molar-refractivity contribution in [2.24, 2.45) is 11.3 Å². The van der Waals surface area contributed by atoms with Gasteiger partial charge in [-0.3, -0.25) is 4.55 Å². The summed E-state index contributed by atoms with van der Waals surface area (Å²) in [5, 5.41) is 26.7. The number of carbonyl (C=O) groups is 1. The third kappa shape index (κ3) is 10.7. The Morgan fingerprint density at radius 3 is 1.59 bits per heavy atom. The van der Waals surface area contributed by atoms with Crippen molar-refractivity contribution in [3.05, 3.63) is 66.2 Å². The Bertz CT molecular complexity index is 817. The molecule has 162 valence electrons. The summed E-state index contributed by atoms with van der Waals surface area (Å²) in [7, 11) is -4.00. The molecule has 0 saturated heterocycles. The van der Waals surface area contributed by atoms with Crippen LogP contribution in [-0.2, 0) is 10.1 Å². The minimum atomic E-state index is -4.00. The van der Waals surface area contributed by atoms with E-state index >= 15 is 0 Å². The molecule has 0 amide bonds. The Morgan fingerprint density at radius 1 is 0.966 bits per heavy atom. The fourth-order valence-electron chi connectivity index (χ4n) is 2.17. The van der Waals surface area contributed by atoms with E-state index in [1.807, 2.05) is 27.7 Å². The number of aliphatic hydroxyl groups excluding tert-OH is 2. The second-order valence-electron chi connectivity index (χ2n) is 7.29. The van der Waals surface area contributed by atoms with E-state index < -0.39 is 22.2 Å². The molecule has 2 aromatic carbocycles. The molecule has 1 unspecified atom stereocenters. The molecular formula is C21H30O7S. The number of rotatable bonds is 5. The van der Waals surface area contributed by atoms with Crippen LogP contribution in [0.25, 0.3) is 0 Å². The van der Waals surface area contributed by atoms with E-state index in [4.69, 9.17) is 14.8 Å². The van der Waals surface area contributed by atoms with Crippen molar-refractivity contribution < 1.29 is 33.1 Å². The van der Waals surface area contributed by atoms with Crippen LogP contribution < -0.4 is 0 Å². The fourth-order valence-corrected chi connectivity index (χ4v) is 2.67. The van der Waals surface area contributed by atoms with Gasteiger partial charge in [-0.1, -0.05) is 64.1 Å². The minimum Gasteiger partial charge on any atom is -0.478 e. The normalized spacial score (nSPS) is 12.1. The van der Waals surface area contributed by atoms with Crippen LogP contribution in [-0.4, -0.2) is 47.0 Å². The van der Waals surface area contributed by atoms with Crippen LogP contribution in [0, 0.1) is 11.3 Å². The van der Waals surface area contributed by atoms with Gasteiger partial charge in [0.25, 0.3) is 10.1 Å². The molecule has 29 heavy (non-hydrogen) atoms. The van der Waals surface area contributed by atoms with E-state index in [2.05, 4.69) is 0 Å². The predicted molar refractivity (Wildman–Crippen MR) is 111 cm³/mol. The maximum absolute atomic E-state index is 10.4. The van der Waals surface area contributed by atoms with Crippen LogP contribution in [0.3, 0.4) is 0 Å². The molecule has 1 atom stereocenters. The zero-order valence-corrected chi connectivity index (χ0v) is 17.9. The highest BCUT2D eigenvalue weighted by Gasteiger charge is 2.28. The standard InChI is InChI=1S/C8H18O2.C7H6O2.C6H6O3S/c1-6(2)7(10)8(3,4)5-9;8-7(9)6-4-2-1-3-5-6;7-10(8,9)6-4-2-1-3-5-6/h6-7,9-10H,5H2,1-4H3;1-5H,(H,8,9);1-5H,(H,7,8,9). The molecule has 0 saturated carbocycles. The Morgan fingerprint density at radius 2 is 1.38 bits per heavy atom. The molecule has 7 nitrogen and oxygen atoms in total. The van der Waals surface area contributed by atoms with Gasteiger partial charge in [0.15, 0.2) is 0 Å². The number of aliphatic hydroxyl groups is 2. The Balaban J connectivity index is 0.000000406. The van der Waals surface area contributed by atoms with Gasteiger partial charge in [0.1, 0.15) is 0 Å². The van der Waals surface area contributed by atoms with Gasteiger partial charge < -0.3 is 15.3 Å². The molecule has 4 N–H and O–H groups in total. The van der Waals surface area contributed by atoms with E-state index in [0.717, 1.165) is 0 Å². The summed E-state index contributed by atoms with van der Waals surface area (Å²) < 4.78 is 29.2. The maximum atomic E-state index is 10.4. The smallest absolute Gasteiger partial charge is 0.335 e. The van der Waals surface area contributed by atoms with Crippen LogP contribution >= 0.6 is 0 Å². The monoisotopic (exact) mass is 426 g/mol. The van der Waals surface area contributed by atoms with E-state index in [1.54, 1.807) is 48.5 Å². The van der Waals surface area contributed by atoms with Crippen LogP contribution in [0.15, 0.2) is 65.6 Å². The van der Waals surface area contributed by atoms with Gasteiger partial charge >= 0.3 is 5.97 Å². The van der Waals surface area contributed by atoms with Crippen molar-refractivity contribution in [3.63, 3.8) is 0 Å². The zero-order chi connectivity index (χ0) is 22.7. The second-order valence-corrected chi connectivity index (χ2v) is 8.72. The summed E-state index contributed by atoms with van der Waals surface area (Å²) >= 11 is 0. The molecule has 0 heterocycles. The first-order valence-electron chi connectivity index (χ1n) is 8.92. The predicted octanol–water partition coefficient (Wildman–Crippen LogP) is 3.34. The molecule has 0 spiro atoms. The minimum absolute atomic E-state index is 0.0341. The Labute approximate surface area is 172 Å². The van der Waals surface area contributed by atoms with E-state index in [-0.39, 0.29) is 22.8 Å². The third-order valence-electron chi connectivity index (χ3n) is 3.90. The summed E-state index contributed by atoms with van der Waals surface area (Å²) in [4.78, 5) is 10.1. The highest BCUT2D eigenvalue weighted by atomic mass is 32.2. The molecule has 0 radical (unpaired) electrons. The molecule has 8 heteroatoms. The SMILES string of the molecule is CC(C)C(O)C(C)(C)CO.O=C(O)c1ccccc1.O=S(=O)(O)c1ccccc1. The van der Waals surface area contributed by atoms with Gasteiger partial charge in [0, 0.05) is 5.41 Å². The highest BCUT2D eigenvalue weighted by molar-refractivity contribution is 7.85. The van der Waals surface area contributed by atoms with Gasteiger partial charge in [0.05, 0.1) is 23.2 Å². The lowest BCUT2D eigenvalue weighted by Crippen LogP contribution is -2.36. The van der Waals surface area contributed by atoms with Crippen LogP contribution in [0.5, 0.6) is 0 Å². The number of carboxylic acids is 1. The summed E-state index contributed by atoms with van der Waals surface area (Å²) in [6.07, 6.45) is -0.419. The quantitative estimate of drug-likeness (QED) is 0.539. The molecular weight excluding hydrogens is 396 g/mol. The first-order valence-corrected chi connectivity index (χ1v) is 10.4. The summed E-state index contributed by atoms with van der Waals surface area (Å²) in [5.41, 5.74) is -0.0359. The van der Waals surface area contributed by atoms with Crippen molar-refractivity contribution in [2.75, 3.05) is 6.61 Å². The number of carboxylic acid groups (broad SMARTS) is 1. The van der Waals surface area contributed by atoms with Crippen molar-refractivity contribution in [1.82, 2.24) is 0 Å². The molecule has 2 aromatic rings. The average molecular weight is 427 g/mol. The average Bonchev–Trinajstić information content (AvgIpc) is 2.69. The molecule has 0 aliphatic heterocycles. The number of hydrogen-bond donors (Lipinski definition) is 4. The molecule has 0 aliphatic carbocycles. The van der Waals surface area contributed by atoms with Crippen LogP contribution in [0.4, 0.5) is 0 Å². The second kappa shape index (κ2) is 12.3. The maximum Gasteiger partial charge on any atom is 0.335 e. The van der Waals surface area contributed by atoms with Crippen molar-refractivity contribution in [1.29, 1.82) is 0 Å². The van der Waals surface area contributed by atoms with Crippen molar-refractivity contribution in [2.45, 2.75) is 38.7 Å². The molecule has 0 aromatic heterocycles. The van der Waals surface area contributed by atoms with Crippen LogP contribution in [0.1, 0.15) is 38.1 Å².